The summed E-state index contributed by atoms with van der Waals surface area (Å²) in [7, 11) is 1.81. The number of guanidine groups is 1. The Hall–Kier alpha value is -2.07. The molecule has 154 valence electrons. The number of rotatable bonds is 5. The maximum Gasteiger partial charge on any atom is 0.191 e. The first kappa shape index (κ1) is 21.6. The van der Waals surface area contributed by atoms with E-state index in [9.17, 15) is 0 Å². The van der Waals surface area contributed by atoms with Gasteiger partial charge in [0.05, 0.1) is 23.4 Å². The van der Waals surface area contributed by atoms with E-state index in [0.717, 1.165) is 49.0 Å². The summed E-state index contributed by atoms with van der Waals surface area (Å²) in [5.74, 6) is 1.72. The smallest absolute Gasteiger partial charge is 0.191 e. The van der Waals surface area contributed by atoms with Crippen molar-refractivity contribution in [1.29, 1.82) is 0 Å². The van der Waals surface area contributed by atoms with Crippen LogP contribution in [0.2, 0.25) is 0 Å². The largest absolute Gasteiger partial charge is 0.363 e. The molecule has 4 rings (SSSR count). The number of nitrogens with zero attached hydrogens (tertiary/aromatic N) is 3. The number of aromatic amines is 1. The normalized spacial score (nSPS) is 15.1. The Kier molecular flexibility index (Phi) is 7.93. The molecule has 0 radical (unpaired) electrons. The van der Waals surface area contributed by atoms with Crippen molar-refractivity contribution in [2.75, 3.05) is 25.0 Å². The van der Waals surface area contributed by atoms with E-state index in [2.05, 4.69) is 60.1 Å². The highest BCUT2D eigenvalue weighted by atomic mass is 127. The summed E-state index contributed by atoms with van der Waals surface area (Å²) in [5.41, 5.74) is 2.17. The van der Waals surface area contributed by atoms with Crippen molar-refractivity contribution in [2.24, 2.45) is 4.99 Å². The minimum Gasteiger partial charge on any atom is -0.363 e. The van der Waals surface area contributed by atoms with E-state index < -0.39 is 0 Å². The zero-order valence-electron chi connectivity index (χ0n) is 16.5. The van der Waals surface area contributed by atoms with E-state index in [1.54, 1.807) is 0 Å². The van der Waals surface area contributed by atoms with Gasteiger partial charge in [0, 0.05) is 26.2 Å². The van der Waals surface area contributed by atoms with Crippen molar-refractivity contribution in [1.82, 2.24) is 20.6 Å². The lowest BCUT2D eigenvalue weighted by molar-refractivity contribution is 0.462. The Morgan fingerprint density at radius 3 is 2.69 bits per heavy atom. The van der Waals surface area contributed by atoms with Gasteiger partial charge in [-0.05, 0) is 35.9 Å². The number of anilines is 1. The van der Waals surface area contributed by atoms with Gasteiger partial charge in [-0.3, -0.25) is 4.99 Å². The molecule has 1 aliphatic heterocycles. The number of halogens is 1. The van der Waals surface area contributed by atoms with Gasteiger partial charge in [0.1, 0.15) is 5.82 Å². The first-order valence-electron chi connectivity index (χ1n) is 9.67. The zero-order valence-corrected chi connectivity index (χ0v) is 19.6. The van der Waals surface area contributed by atoms with Gasteiger partial charge in [0.15, 0.2) is 5.96 Å². The number of imidazole rings is 1. The summed E-state index contributed by atoms with van der Waals surface area (Å²) in [6, 6.07) is 15.0. The van der Waals surface area contributed by atoms with Crippen LogP contribution in [0.15, 0.2) is 59.0 Å². The van der Waals surface area contributed by atoms with Crippen LogP contribution < -0.4 is 15.5 Å². The summed E-state index contributed by atoms with van der Waals surface area (Å²) in [6.07, 6.45) is 4.10. The zero-order chi connectivity index (χ0) is 19.2. The summed E-state index contributed by atoms with van der Waals surface area (Å²) < 4.78 is 0. The maximum absolute atomic E-state index is 4.48. The number of H-pyrrole nitrogens is 1. The summed E-state index contributed by atoms with van der Waals surface area (Å²) >= 11 is 1.81. The molecule has 0 saturated carbocycles. The fraction of sp³-hybridized carbons (Fsp3) is 0.333. The van der Waals surface area contributed by atoms with Crippen molar-refractivity contribution in [3.8, 4) is 11.3 Å². The molecule has 3 heterocycles. The Labute approximate surface area is 192 Å². The Balaban J connectivity index is 0.00000240. The monoisotopic (exact) mass is 522 g/mol. The molecule has 0 amide bonds. The minimum atomic E-state index is 0. The standard InChI is InChI=1S/C21H26N6S.HI/c1-22-21(25-17-9-11-27(12-10-17)20-8-5-13-28-20)24-15-19-23-14-18(26-19)16-6-3-2-4-7-16;/h2-8,13-14,17H,9-12,15H2,1H3,(H,23,26)(H2,22,24,25);1H. The molecule has 1 aliphatic rings. The molecule has 6 nitrogen and oxygen atoms in total. The van der Waals surface area contributed by atoms with Crippen molar-refractivity contribution in [2.45, 2.75) is 25.4 Å². The van der Waals surface area contributed by atoms with Crippen LogP contribution in [0, 0.1) is 0 Å². The lowest BCUT2D eigenvalue weighted by atomic mass is 10.1. The third-order valence-electron chi connectivity index (χ3n) is 5.01. The number of hydrogen-bond donors (Lipinski definition) is 3. The molecule has 0 atom stereocenters. The van der Waals surface area contributed by atoms with E-state index in [1.165, 1.54) is 5.00 Å². The number of nitrogens with one attached hydrogen (secondary N) is 3. The van der Waals surface area contributed by atoms with Gasteiger partial charge in [-0.15, -0.1) is 35.3 Å². The maximum atomic E-state index is 4.48. The third kappa shape index (κ3) is 5.72. The first-order chi connectivity index (χ1) is 13.8. The molecule has 3 aromatic rings. The second-order valence-corrected chi connectivity index (χ2v) is 7.82. The van der Waals surface area contributed by atoms with Gasteiger partial charge < -0.3 is 20.5 Å². The van der Waals surface area contributed by atoms with Gasteiger partial charge >= 0.3 is 0 Å². The third-order valence-corrected chi connectivity index (χ3v) is 5.94. The van der Waals surface area contributed by atoms with Gasteiger partial charge in [-0.2, -0.15) is 0 Å². The molecule has 0 bridgehead atoms. The number of aromatic nitrogens is 2. The average Bonchev–Trinajstić information content (AvgIpc) is 3.44. The lowest BCUT2D eigenvalue weighted by Crippen LogP contribution is -2.48. The second kappa shape index (κ2) is 10.6. The lowest BCUT2D eigenvalue weighted by Gasteiger charge is -2.33. The molecule has 3 N–H and O–H groups in total. The van der Waals surface area contributed by atoms with E-state index >= 15 is 0 Å². The molecule has 0 unspecified atom stereocenters. The van der Waals surface area contributed by atoms with Crippen LogP contribution in [0.4, 0.5) is 5.00 Å². The molecule has 29 heavy (non-hydrogen) atoms. The van der Waals surface area contributed by atoms with Crippen LogP contribution in [0.25, 0.3) is 11.3 Å². The summed E-state index contributed by atoms with van der Waals surface area (Å²) in [6.45, 7) is 2.77. The fourth-order valence-corrected chi connectivity index (χ4v) is 4.25. The van der Waals surface area contributed by atoms with Crippen LogP contribution >= 0.6 is 35.3 Å². The molecule has 1 fully saturated rings. The second-order valence-electron chi connectivity index (χ2n) is 6.89. The van der Waals surface area contributed by atoms with Crippen molar-refractivity contribution < 1.29 is 0 Å². The van der Waals surface area contributed by atoms with Crippen molar-refractivity contribution >= 4 is 46.3 Å². The molecule has 8 heteroatoms. The van der Waals surface area contributed by atoms with E-state index in [4.69, 9.17) is 0 Å². The van der Waals surface area contributed by atoms with Crippen LogP contribution in [0.1, 0.15) is 18.7 Å². The Morgan fingerprint density at radius 1 is 1.21 bits per heavy atom. The van der Waals surface area contributed by atoms with Gasteiger partial charge in [0.25, 0.3) is 0 Å². The highest BCUT2D eigenvalue weighted by Crippen LogP contribution is 2.24. The fourth-order valence-electron chi connectivity index (χ4n) is 3.47. The summed E-state index contributed by atoms with van der Waals surface area (Å²) in [4.78, 5) is 14.7. The quantitative estimate of drug-likeness (QED) is 0.268. The number of aliphatic imine (C=N–C) groups is 1. The van der Waals surface area contributed by atoms with E-state index in [-0.39, 0.29) is 24.0 Å². The molecule has 1 saturated heterocycles. The van der Waals surface area contributed by atoms with Crippen LogP contribution in [0.3, 0.4) is 0 Å². The number of piperidine rings is 1. The predicted octanol–water partition coefficient (Wildman–Crippen LogP) is 4.09. The molecule has 0 aliphatic carbocycles. The molecule has 2 aromatic heterocycles. The number of thiophene rings is 1. The summed E-state index contributed by atoms with van der Waals surface area (Å²) in [5, 5.41) is 10.4. The molecule has 1 aromatic carbocycles. The first-order valence-corrected chi connectivity index (χ1v) is 10.5. The van der Waals surface area contributed by atoms with Gasteiger partial charge in [-0.25, -0.2) is 4.98 Å². The van der Waals surface area contributed by atoms with Crippen LogP contribution in [-0.4, -0.2) is 42.1 Å². The van der Waals surface area contributed by atoms with E-state index in [1.807, 2.05) is 42.8 Å². The average molecular weight is 522 g/mol. The minimum absolute atomic E-state index is 0. The van der Waals surface area contributed by atoms with Gasteiger partial charge in [-0.1, -0.05) is 30.3 Å². The van der Waals surface area contributed by atoms with Crippen molar-refractivity contribution in [3.63, 3.8) is 0 Å². The topological polar surface area (TPSA) is 68.3 Å². The molecular formula is C21H27IN6S. The Bertz CT molecular complexity index is 885. The highest BCUT2D eigenvalue weighted by molar-refractivity contribution is 14.0. The number of benzene rings is 1. The molecular weight excluding hydrogens is 495 g/mol. The molecule has 0 spiro atoms. The number of hydrogen-bond acceptors (Lipinski definition) is 4. The highest BCUT2D eigenvalue weighted by Gasteiger charge is 2.20. The SMILES string of the molecule is CN=C(NCc1ncc(-c2ccccc2)[nH]1)NC1CCN(c2cccs2)CC1.I. The van der Waals surface area contributed by atoms with Gasteiger partial charge in [0.2, 0.25) is 0 Å². The van der Waals surface area contributed by atoms with Crippen LogP contribution in [0.5, 0.6) is 0 Å². The van der Waals surface area contributed by atoms with Crippen molar-refractivity contribution in [3.05, 3.63) is 59.9 Å². The predicted molar refractivity (Wildman–Crippen MR) is 132 cm³/mol. The van der Waals surface area contributed by atoms with E-state index in [0.29, 0.717) is 12.6 Å². The Morgan fingerprint density at radius 2 is 2.00 bits per heavy atom. The van der Waals surface area contributed by atoms with Crippen LogP contribution in [-0.2, 0) is 6.54 Å².